The summed E-state index contributed by atoms with van der Waals surface area (Å²) in [6, 6.07) is 6.89. The van der Waals surface area contributed by atoms with E-state index < -0.39 is 0 Å². The highest BCUT2D eigenvalue weighted by atomic mass is 16.3. The maximum absolute atomic E-state index is 12.2. The van der Waals surface area contributed by atoms with Gasteiger partial charge in [-0.25, -0.2) is 15.0 Å². The Balaban J connectivity index is 1.62. The highest BCUT2D eigenvalue weighted by Gasteiger charge is 2.30. The van der Waals surface area contributed by atoms with Crippen LogP contribution in [0.15, 0.2) is 41.1 Å². The lowest BCUT2D eigenvalue weighted by Gasteiger charge is -2.10. The molecule has 0 atom stereocenters. The smallest absolute Gasteiger partial charge is 0.251 e. The van der Waals surface area contributed by atoms with Crippen LogP contribution in [0.25, 0.3) is 33.3 Å². The summed E-state index contributed by atoms with van der Waals surface area (Å²) in [4.78, 5) is 37.5. The summed E-state index contributed by atoms with van der Waals surface area (Å²) in [6.07, 6.45) is 5.18. The Morgan fingerprint density at radius 3 is 2.65 bits per heavy atom. The Hall–Kier alpha value is -4.01. The fourth-order valence-electron chi connectivity index (χ4n) is 3.48. The third kappa shape index (κ3) is 3.43. The van der Waals surface area contributed by atoms with Crippen LogP contribution in [0.4, 0.5) is 11.6 Å². The SMILES string of the molecule is CNC(=O)c1ccc2oc(-c3cnc(NC)c4cnc(NC(=O)C5CC5)cc34)nc2c1. The van der Waals surface area contributed by atoms with E-state index in [2.05, 4.69) is 30.9 Å². The van der Waals surface area contributed by atoms with Gasteiger partial charge in [0.1, 0.15) is 17.2 Å². The molecule has 3 heterocycles. The molecule has 1 aliphatic rings. The van der Waals surface area contributed by atoms with Gasteiger partial charge < -0.3 is 20.4 Å². The minimum Gasteiger partial charge on any atom is -0.436 e. The summed E-state index contributed by atoms with van der Waals surface area (Å²) in [6.45, 7) is 0. The average molecular weight is 416 g/mol. The number of aromatic nitrogens is 3. The van der Waals surface area contributed by atoms with Crippen molar-refractivity contribution in [3.63, 3.8) is 0 Å². The van der Waals surface area contributed by atoms with E-state index in [1.165, 1.54) is 0 Å². The van der Waals surface area contributed by atoms with E-state index in [4.69, 9.17) is 4.42 Å². The molecule has 0 bridgehead atoms. The van der Waals surface area contributed by atoms with Crippen LogP contribution in [0.5, 0.6) is 0 Å². The number of hydrogen-bond acceptors (Lipinski definition) is 7. The van der Waals surface area contributed by atoms with E-state index >= 15 is 0 Å². The van der Waals surface area contributed by atoms with Crippen molar-refractivity contribution in [1.82, 2.24) is 20.3 Å². The molecule has 0 unspecified atom stereocenters. The van der Waals surface area contributed by atoms with Crippen molar-refractivity contribution in [2.75, 3.05) is 24.7 Å². The van der Waals surface area contributed by atoms with Crippen LogP contribution in [-0.2, 0) is 4.79 Å². The van der Waals surface area contributed by atoms with E-state index in [0.717, 1.165) is 23.6 Å². The van der Waals surface area contributed by atoms with Gasteiger partial charge in [-0.05, 0) is 37.1 Å². The predicted octanol–water partition coefficient (Wildman–Crippen LogP) is 3.19. The van der Waals surface area contributed by atoms with Crippen molar-refractivity contribution in [3.8, 4) is 11.5 Å². The summed E-state index contributed by atoms with van der Waals surface area (Å²) in [5.74, 6) is 1.36. The second-order valence-corrected chi connectivity index (χ2v) is 7.43. The first-order chi connectivity index (χ1) is 15.1. The van der Waals surface area contributed by atoms with Crippen LogP contribution in [0.2, 0.25) is 0 Å². The molecule has 0 spiro atoms. The number of carbonyl (C=O) groups excluding carboxylic acids is 2. The van der Waals surface area contributed by atoms with Crippen molar-refractivity contribution in [2.24, 2.45) is 5.92 Å². The largest absolute Gasteiger partial charge is 0.436 e. The van der Waals surface area contributed by atoms with Gasteiger partial charge in [-0.2, -0.15) is 0 Å². The maximum Gasteiger partial charge on any atom is 0.251 e. The van der Waals surface area contributed by atoms with Crippen molar-refractivity contribution in [1.29, 1.82) is 0 Å². The predicted molar refractivity (Wildman–Crippen MR) is 117 cm³/mol. The van der Waals surface area contributed by atoms with E-state index in [1.54, 1.807) is 50.8 Å². The van der Waals surface area contributed by atoms with E-state index in [0.29, 0.717) is 39.8 Å². The van der Waals surface area contributed by atoms with Gasteiger partial charge in [-0.1, -0.05) is 0 Å². The number of benzene rings is 1. The lowest BCUT2D eigenvalue weighted by Crippen LogP contribution is -2.17. The lowest BCUT2D eigenvalue weighted by molar-refractivity contribution is -0.117. The summed E-state index contributed by atoms with van der Waals surface area (Å²) in [7, 11) is 3.36. The number of fused-ring (bicyclic) bond motifs is 2. The second-order valence-electron chi connectivity index (χ2n) is 7.43. The van der Waals surface area contributed by atoms with Crippen LogP contribution in [0.3, 0.4) is 0 Å². The summed E-state index contributed by atoms with van der Waals surface area (Å²) >= 11 is 0. The Labute approximate surface area is 177 Å². The van der Waals surface area contributed by atoms with Gasteiger partial charge >= 0.3 is 0 Å². The molecule has 2 amide bonds. The summed E-state index contributed by atoms with van der Waals surface area (Å²) in [5.41, 5.74) is 2.29. The third-order valence-electron chi connectivity index (χ3n) is 5.32. The van der Waals surface area contributed by atoms with E-state index in [1.807, 2.05) is 0 Å². The molecule has 0 saturated heterocycles. The molecular formula is C22H20N6O3. The molecule has 31 heavy (non-hydrogen) atoms. The van der Waals surface area contributed by atoms with E-state index in [-0.39, 0.29) is 17.7 Å². The van der Waals surface area contributed by atoms with Crippen LogP contribution in [0.1, 0.15) is 23.2 Å². The molecule has 3 N–H and O–H groups in total. The zero-order valence-electron chi connectivity index (χ0n) is 17.0. The van der Waals surface area contributed by atoms with Gasteiger partial charge in [-0.3, -0.25) is 9.59 Å². The molecule has 4 aromatic rings. The number of hydrogen-bond donors (Lipinski definition) is 3. The zero-order chi connectivity index (χ0) is 21.5. The number of nitrogens with zero attached hydrogens (tertiary/aromatic N) is 3. The van der Waals surface area contributed by atoms with Gasteiger partial charge in [0, 0.05) is 48.7 Å². The molecule has 1 aliphatic carbocycles. The first-order valence-corrected chi connectivity index (χ1v) is 9.98. The molecule has 9 nitrogen and oxygen atoms in total. The monoisotopic (exact) mass is 416 g/mol. The van der Waals surface area contributed by atoms with Gasteiger partial charge in [-0.15, -0.1) is 0 Å². The maximum atomic E-state index is 12.2. The van der Waals surface area contributed by atoms with Crippen molar-refractivity contribution in [2.45, 2.75) is 12.8 Å². The number of pyridine rings is 2. The highest BCUT2D eigenvalue weighted by Crippen LogP contribution is 2.35. The summed E-state index contributed by atoms with van der Waals surface area (Å²) in [5, 5.41) is 10.1. The second kappa shape index (κ2) is 7.35. The minimum absolute atomic E-state index is 0.0140. The Bertz CT molecular complexity index is 1340. The third-order valence-corrected chi connectivity index (χ3v) is 5.32. The molecule has 9 heteroatoms. The molecule has 1 fully saturated rings. The van der Waals surface area contributed by atoms with Crippen molar-refractivity contribution in [3.05, 3.63) is 42.2 Å². The molecule has 0 aliphatic heterocycles. The number of anilines is 2. The Morgan fingerprint density at radius 2 is 1.90 bits per heavy atom. The van der Waals surface area contributed by atoms with Crippen LogP contribution in [-0.4, -0.2) is 40.9 Å². The quantitative estimate of drug-likeness (QED) is 0.457. The van der Waals surface area contributed by atoms with Crippen LogP contribution >= 0.6 is 0 Å². The normalized spacial score (nSPS) is 13.4. The lowest BCUT2D eigenvalue weighted by atomic mass is 10.1. The number of amides is 2. The molecule has 0 radical (unpaired) electrons. The number of rotatable bonds is 5. The average Bonchev–Trinajstić information content (AvgIpc) is 3.56. The Kier molecular flexibility index (Phi) is 4.50. The minimum atomic E-state index is -0.195. The first-order valence-electron chi connectivity index (χ1n) is 9.98. The fourth-order valence-corrected chi connectivity index (χ4v) is 3.48. The van der Waals surface area contributed by atoms with E-state index in [9.17, 15) is 9.59 Å². The van der Waals surface area contributed by atoms with Gasteiger partial charge in [0.25, 0.3) is 5.91 Å². The first kappa shape index (κ1) is 19.0. The summed E-state index contributed by atoms with van der Waals surface area (Å²) < 4.78 is 5.96. The topological polar surface area (TPSA) is 122 Å². The van der Waals surface area contributed by atoms with Crippen molar-refractivity contribution >= 4 is 45.3 Å². The molecular weight excluding hydrogens is 396 g/mol. The van der Waals surface area contributed by atoms with Gasteiger partial charge in [0.05, 0.1) is 5.56 Å². The van der Waals surface area contributed by atoms with Gasteiger partial charge in [0.2, 0.25) is 11.8 Å². The van der Waals surface area contributed by atoms with Crippen molar-refractivity contribution < 1.29 is 14.0 Å². The van der Waals surface area contributed by atoms with Crippen LogP contribution < -0.4 is 16.0 Å². The van der Waals surface area contributed by atoms with Crippen LogP contribution in [0, 0.1) is 5.92 Å². The molecule has 3 aromatic heterocycles. The molecule has 1 saturated carbocycles. The van der Waals surface area contributed by atoms with Gasteiger partial charge in [0.15, 0.2) is 5.58 Å². The number of nitrogens with one attached hydrogen (secondary N) is 3. The molecule has 1 aromatic carbocycles. The Morgan fingerprint density at radius 1 is 1.06 bits per heavy atom. The number of carbonyl (C=O) groups is 2. The standard InChI is InChI=1S/C22H20N6O3/c1-23-19-14-9-25-18(28-21(30)11-3-4-11)8-13(14)15(10-26-19)22-27-16-7-12(20(29)24-2)5-6-17(16)31-22/h5-11H,3-4H2,1-2H3,(H,23,26)(H,24,29)(H,25,28,30). The molecule has 156 valence electrons. The molecule has 5 rings (SSSR count). The zero-order valence-corrected chi connectivity index (χ0v) is 17.0. The number of oxazole rings is 1. The fraction of sp³-hybridized carbons (Fsp3) is 0.227. The highest BCUT2D eigenvalue weighted by molar-refractivity contribution is 6.03.